The monoisotopic (exact) mass is 583 g/mol. The van der Waals surface area contributed by atoms with Gasteiger partial charge in [0.05, 0.1) is 21.9 Å². The summed E-state index contributed by atoms with van der Waals surface area (Å²) in [5, 5.41) is 6.94. The van der Waals surface area contributed by atoms with E-state index in [0.29, 0.717) is 39.8 Å². The molecule has 1 saturated carbocycles. The molecule has 1 aliphatic carbocycles. The highest BCUT2D eigenvalue weighted by molar-refractivity contribution is 7.17. The van der Waals surface area contributed by atoms with Crippen molar-refractivity contribution in [2.45, 2.75) is 32.2 Å². The minimum absolute atomic E-state index is 0.143. The summed E-state index contributed by atoms with van der Waals surface area (Å²) < 4.78 is 29.0. The number of anilines is 2. The van der Waals surface area contributed by atoms with Gasteiger partial charge in [0.15, 0.2) is 0 Å². The fourth-order valence-corrected chi connectivity index (χ4v) is 6.53. The zero-order valence-corrected chi connectivity index (χ0v) is 23.8. The zero-order chi connectivity index (χ0) is 29.1. The summed E-state index contributed by atoms with van der Waals surface area (Å²) in [7, 11) is 2.05. The van der Waals surface area contributed by atoms with E-state index in [1.165, 1.54) is 42.4 Å². The van der Waals surface area contributed by atoms with Crippen LogP contribution in [0.1, 0.15) is 49.8 Å². The van der Waals surface area contributed by atoms with Crippen molar-refractivity contribution in [3.8, 4) is 10.4 Å². The van der Waals surface area contributed by atoms with E-state index in [2.05, 4.69) is 20.3 Å². The Balaban J connectivity index is 1.17. The van der Waals surface area contributed by atoms with Crippen LogP contribution in [0.5, 0.6) is 0 Å². The highest BCUT2D eigenvalue weighted by atomic mass is 32.1. The number of aromatic nitrogens is 1. The molecule has 10 heteroatoms. The maximum Gasteiger partial charge on any atom is 0.276 e. The number of nitrogens with zero attached hydrogens (tertiary/aromatic N) is 4. The third kappa shape index (κ3) is 4.76. The van der Waals surface area contributed by atoms with Gasteiger partial charge in [-0.05, 0) is 79.8 Å². The molecule has 0 bridgehead atoms. The number of hydrazine groups is 1. The molecule has 2 amide bonds. The molecule has 2 aromatic carbocycles. The Labute approximate surface area is 245 Å². The number of thiophene rings is 1. The molecule has 2 aliphatic heterocycles. The van der Waals surface area contributed by atoms with Gasteiger partial charge in [0, 0.05) is 36.3 Å². The second-order valence-electron chi connectivity index (χ2n) is 10.8. The lowest BCUT2D eigenvalue weighted by Crippen LogP contribution is -2.33. The first-order valence-corrected chi connectivity index (χ1v) is 14.6. The van der Waals surface area contributed by atoms with Gasteiger partial charge in [-0.1, -0.05) is 18.2 Å². The Morgan fingerprint density at radius 2 is 1.88 bits per heavy atom. The minimum atomic E-state index is -0.505. The standard InChI is InChI=1S/C32H27F2N5O2S/c1-18-5-3-6-23(34)29(18)36-31(40)28-15-19-13-14-38(26-16-20(33)9-12-22(26)30(19)42-28)32(41)25-8-4-7-24(35-25)27-17-39(27)37(2)21-10-11-21/h3-9,12,15-17,21H,10-11,13-14H2,1-2H3,(H,36,40). The number of fused-ring (bicyclic) bond motifs is 3. The molecule has 2 aromatic heterocycles. The van der Waals surface area contributed by atoms with Crippen LogP contribution in [0.3, 0.4) is 0 Å². The number of hydrogen-bond acceptors (Lipinski definition) is 6. The van der Waals surface area contributed by atoms with E-state index >= 15 is 0 Å². The number of aryl methyl sites for hydroxylation is 1. The number of carbonyl (C=O) groups is 2. The SMILES string of the molecule is Cc1cccc(F)c1NC(=O)c1cc2c(s1)-c1ccc(F)cc1N(C(=O)c1cccc(C3=CN3N(C)C3CC3)n1)CC2. The van der Waals surface area contributed by atoms with Crippen LogP contribution >= 0.6 is 11.3 Å². The van der Waals surface area contributed by atoms with Crippen molar-refractivity contribution in [3.05, 3.63) is 106 Å². The van der Waals surface area contributed by atoms with Crippen LogP contribution in [0.4, 0.5) is 20.2 Å². The largest absolute Gasteiger partial charge is 0.319 e. The van der Waals surface area contributed by atoms with Gasteiger partial charge in [-0.25, -0.2) is 18.8 Å². The van der Waals surface area contributed by atoms with Crippen LogP contribution < -0.4 is 10.2 Å². The van der Waals surface area contributed by atoms with Crippen molar-refractivity contribution in [1.82, 2.24) is 15.0 Å². The van der Waals surface area contributed by atoms with Gasteiger partial charge in [-0.2, -0.15) is 0 Å². The van der Waals surface area contributed by atoms with E-state index in [1.807, 2.05) is 25.4 Å². The summed E-state index contributed by atoms with van der Waals surface area (Å²) in [5.41, 5.74) is 4.64. The van der Waals surface area contributed by atoms with Crippen molar-refractivity contribution in [2.75, 3.05) is 23.8 Å². The predicted molar refractivity (Wildman–Crippen MR) is 159 cm³/mol. The third-order valence-corrected chi connectivity index (χ3v) is 9.12. The molecular formula is C32H27F2N5O2S. The van der Waals surface area contributed by atoms with E-state index in [1.54, 1.807) is 42.2 Å². The average molecular weight is 584 g/mol. The van der Waals surface area contributed by atoms with Gasteiger partial charge in [0.2, 0.25) is 0 Å². The highest BCUT2D eigenvalue weighted by Gasteiger charge is 2.37. The summed E-state index contributed by atoms with van der Waals surface area (Å²) >= 11 is 1.24. The van der Waals surface area contributed by atoms with Crippen molar-refractivity contribution < 1.29 is 18.4 Å². The van der Waals surface area contributed by atoms with E-state index < -0.39 is 17.5 Å². The Morgan fingerprint density at radius 1 is 1.07 bits per heavy atom. The van der Waals surface area contributed by atoms with Gasteiger partial charge >= 0.3 is 0 Å². The number of para-hydroxylation sites is 1. The fourth-order valence-electron chi connectivity index (χ4n) is 5.39. The minimum Gasteiger partial charge on any atom is -0.319 e. The van der Waals surface area contributed by atoms with Gasteiger partial charge in [-0.3, -0.25) is 14.6 Å². The normalized spacial score (nSPS) is 15.6. The number of carbonyl (C=O) groups excluding carboxylic acids is 2. The average Bonchev–Trinajstić information content (AvgIpc) is 3.92. The first kappa shape index (κ1) is 26.5. The first-order chi connectivity index (χ1) is 20.3. The summed E-state index contributed by atoms with van der Waals surface area (Å²) in [4.78, 5) is 34.4. The van der Waals surface area contributed by atoms with Gasteiger partial charge in [-0.15, -0.1) is 11.3 Å². The number of hydrogen-bond donors (Lipinski definition) is 1. The van der Waals surface area contributed by atoms with Crippen molar-refractivity contribution in [1.29, 1.82) is 0 Å². The van der Waals surface area contributed by atoms with Crippen LogP contribution in [-0.2, 0) is 6.42 Å². The highest BCUT2D eigenvalue weighted by Crippen LogP contribution is 2.43. The Bertz CT molecular complexity index is 1780. The topological polar surface area (TPSA) is 68.6 Å². The molecule has 0 saturated heterocycles. The lowest BCUT2D eigenvalue weighted by atomic mass is 10.1. The molecule has 1 fully saturated rings. The molecule has 0 atom stereocenters. The van der Waals surface area contributed by atoms with Crippen LogP contribution in [-0.4, -0.2) is 46.5 Å². The summed E-state index contributed by atoms with van der Waals surface area (Å²) in [6, 6.07) is 16.7. The number of rotatable bonds is 6. The van der Waals surface area contributed by atoms with Crippen molar-refractivity contribution in [2.24, 2.45) is 0 Å². The maximum atomic E-state index is 14.6. The Hall–Kier alpha value is -4.41. The lowest BCUT2D eigenvalue weighted by molar-refractivity contribution is 0.0981. The summed E-state index contributed by atoms with van der Waals surface area (Å²) in [6.07, 6.45) is 4.80. The molecule has 42 heavy (non-hydrogen) atoms. The number of pyridine rings is 1. The van der Waals surface area contributed by atoms with Crippen LogP contribution in [0.2, 0.25) is 0 Å². The molecule has 0 spiro atoms. The van der Waals surface area contributed by atoms with Gasteiger partial charge in [0.25, 0.3) is 11.8 Å². The molecule has 4 heterocycles. The molecule has 4 aromatic rings. The second kappa shape index (κ2) is 10.1. The maximum absolute atomic E-state index is 14.6. The van der Waals surface area contributed by atoms with Crippen LogP contribution in [0.15, 0.2) is 66.9 Å². The Morgan fingerprint density at radius 3 is 2.67 bits per heavy atom. The molecule has 3 aliphatic rings. The van der Waals surface area contributed by atoms with E-state index in [9.17, 15) is 18.4 Å². The van der Waals surface area contributed by atoms with Crippen LogP contribution in [0.25, 0.3) is 16.1 Å². The summed E-state index contributed by atoms with van der Waals surface area (Å²) in [6.45, 7) is 2.01. The summed E-state index contributed by atoms with van der Waals surface area (Å²) in [5.74, 6) is -1.72. The van der Waals surface area contributed by atoms with Gasteiger partial charge in [0.1, 0.15) is 23.0 Å². The van der Waals surface area contributed by atoms with Gasteiger partial charge < -0.3 is 10.2 Å². The number of amides is 2. The van der Waals surface area contributed by atoms with Crippen LogP contribution in [0, 0.1) is 18.6 Å². The third-order valence-electron chi connectivity index (χ3n) is 7.91. The number of halogens is 2. The van der Waals surface area contributed by atoms with E-state index in [4.69, 9.17) is 0 Å². The predicted octanol–water partition coefficient (Wildman–Crippen LogP) is 6.48. The lowest BCUT2D eigenvalue weighted by Gasteiger charge is -2.23. The molecule has 0 unspecified atom stereocenters. The molecular weight excluding hydrogens is 556 g/mol. The molecule has 7 nitrogen and oxygen atoms in total. The van der Waals surface area contributed by atoms with Crippen molar-refractivity contribution in [3.63, 3.8) is 0 Å². The molecule has 1 N–H and O–H groups in total. The molecule has 7 rings (SSSR count). The molecule has 0 radical (unpaired) electrons. The Kier molecular flexibility index (Phi) is 6.40. The van der Waals surface area contributed by atoms with E-state index in [-0.39, 0.29) is 23.8 Å². The number of nitrogens with one attached hydrogen (secondary N) is 1. The quantitative estimate of drug-likeness (QED) is 0.282. The molecule has 212 valence electrons. The smallest absolute Gasteiger partial charge is 0.276 e. The second-order valence-corrected chi connectivity index (χ2v) is 11.8. The van der Waals surface area contributed by atoms with Crippen molar-refractivity contribution >= 4 is 40.2 Å². The number of benzene rings is 2. The fraction of sp³-hybridized carbons (Fsp3) is 0.219. The van der Waals surface area contributed by atoms with E-state index in [0.717, 1.165) is 16.1 Å². The first-order valence-electron chi connectivity index (χ1n) is 13.8. The zero-order valence-electron chi connectivity index (χ0n) is 23.0.